The molecule has 1 atom stereocenters. The molecule has 0 aliphatic carbocycles. The number of carboxylic acids is 1. The molecule has 100 valence electrons. The molecule has 1 rings (SSSR count). The van der Waals surface area contributed by atoms with Crippen LogP contribution in [0.25, 0.3) is 0 Å². The lowest BCUT2D eigenvalue weighted by molar-refractivity contribution is -0.121. The minimum Gasteiger partial charge on any atom is -0.476 e. The van der Waals surface area contributed by atoms with Gasteiger partial charge in [-0.25, -0.2) is 9.78 Å². The zero-order valence-corrected chi connectivity index (χ0v) is 10.9. The van der Waals surface area contributed by atoms with E-state index in [0.717, 1.165) is 11.3 Å². The van der Waals surface area contributed by atoms with Crippen LogP contribution in [-0.4, -0.2) is 48.3 Å². The van der Waals surface area contributed by atoms with Crippen LogP contribution in [0.1, 0.15) is 17.4 Å². The Kier molecular flexibility index (Phi) is 5.53. The third-order valence-electron chi connectivity index (χ3n) is 2.06. The number of anilines is 1. The van der Waals surface area contributed by atoms with Crippen molar-refractivity contribution in [2.45, 2.75) is 13.0 Å². The fraction of sp³-hybridized carbons (Fsp3) is 0.500. The number of aromatic nitrogens is 1. The van der Waals surface area contributed by atoms with Crippen LogP contribution < -0.4 is 10.6 Å². The van der Waals surface area contributed by atoms with Crippen LogP contribution in [0, 0.1) is 0 Å². The van der Waals surface area contributed by atoms with Crippen molar-refractivity contribution in [3.05, 3.63) is 11.1 Å². The molecule has 1 aromatic heterocycles. The number of hydrogen-bond acceptors (Lipinski definition) is 6. The summed E-state index contributed by atoms with van der Waals surface area (Å²) >= 11 is 1.14. The normalized spacial score (nSPS) is 11.9. The molecule has 1 unspecified atom stereocenters. The van der Waals surface area contributed by atoms with Crippen LogP contribution in [0.2, 0.25) is 0 Å². The summed E-state index contributed by atoms with van der Waals surface area (Å²) in [6, 6.07) is -0.491. The summed E-state index contributed by atoms with van der Waals surface area (Å²) in [5.74, 6) is -1.28. The first-order valence-electron chi connectivity index (χ1n) is 5.26. The monoisotopic (exact) mass is 273 g/mol. The number of hydrogen-bond donors (Lipinski definition) is 3. The zero-order valence-electron chi connectivity index (χ0n) is 10.1. The van der Waals surface area contributed by atoms with Crippen LogP contribution in [0.5, 0.6) is 0 Å². The number of nitrogens with zero attached hydrogens (tertiary/aromatic N) is 1. The highest BCUT2D eigenvalue weighted by molar-refractivity contribution is 7.13. The number of carbonyl (C=O) groups excluding carboxylic acids is 1. The van der Waals surface area contributed by atoms with Gasteiger partial charge in [-0.15, -0.1) is 11.3 Å². The van der Waals surface area contributed by atoms with Gasteiger partial charge in [-0.05, 0) is 6.92 Å². The highest BCUT2D eigenvalue weighted by Gasteiger charge is 2.15. The van der Waals surface area contributed by atoms with Gasteiger partial charge in [0.05, 0.1) is 6.61 Å². The Balaban J connectivity index is 2.45. The van der Waals surface area contributed by atoms with E-state index in [4.69, 9.17) is 9.84 Å². The largest absolute Gasteiger partial charge is 0.476 e. The van der Waals surface area contributed by atoms with Crippen molar-refractivity contribution in [2.24, 2.45) is 0 Å². The summed E-state index contributed by atoms with van der Waals surface area (Å²) in [4.78, 5) is 26.1. The molecule has 0 saturated heterocycles. The maximum atomic E-state index is 11.6. The second kappa shape index (κ2) is 6.92. The molecule has 0 saturated carbocycles. The first-order chi connectivity index (χ1) is 8.54. The van der Waals surface area contributed by atoms with E-state index >= 15 is 0 Å². The van der Waals surface area contributed by atoms with Crippen LogP contribution in [0.3, 0.4) is 0 Å². The van der Waals surface area contributed by atoms with Gasteiger partial charge in [-0.1, -0.05) is 0 Å². The predicted molar refractivity (Wildman–Crippen MR) is 67.0 cm³/mol. The number of thiazole rings is 1. The average Bonchev–Trinajstić information content (AvgIpc) is 2.77. The smallest absolute Gasteiger partial charge is 0.355 e. The molecule has 1 aromatic rings. The second-order valence-electron chi connectivity index (χ2n) is 3.49. The lowest BCUT2D eigenvalue weighted by Gasteiger charge is -2.12. The number of methoxy groups -OCH3 is 1. The highest BCUT2D eigenvalue weighted by Crippen LogP contribution is 2.16. The number of amides is 1. The Labute approximate surface area is 108 Å². The predicted octanol–water partition coefficient (Wildman–Crippen LogP) is 0.404. The Bertz CT molecular complexity index is 421. The second-order valence-corrected chi connectivity index (χ2v) is 4.35. The maximum absolute atomic E-state index is 11.6. The van der Waals surface area contributed by atoms with Crippen molar-refractivity contribution in [2.75, 3.05) is 25.6 Å². The molecule has 0 fully saturated rings. The molecular formula is C10H15N3O4S. The van der Waals surface area contributed by atoms with Gasteiger partial charge < -0.3 is 20.5 Å². The van der Waals surface area contributed by atoms with Gasteiger partial charge in [0.25, 0.3) is 0 Å². The standard InChI is InChI=1S/C10H15N3O4S/c1-6(8(14)11-3-4-17-2)12-10-13-7(5-18-10)9(15)16/h5-6H,3-4H2,1-2H3,(H,11,14)(H,12,13)(H,15,16). The van der Waals surface area contributed by atoms with E-state index in [-0.39, 0.29) is 11.6 Å². The number of rotatable bonds is 7. The molecule has 0 aliphatic rings. The van der Waals surface area contributed by atoms with Gasteiger partial charge in [0.1, 0.15) is 6.04 Å². The fourth-order valence-electron chi connectivity index (χ4n) is 1.12. The molecule has 8 heteroatoms. The number of aromatic carboxylic acids is 1. The number of carbonyl (C=O) groups is 2. The van der Waals surface area contributed by atoms with Crippen molar-refractivity contribution in [1.29, 1.82) is 0 Å². The van der Waals surface area contributed by atoms with Gasteiger partial charge in [-0.3, -0.25) is 4.79 Å². The van der Waals surface area contributed by atoms with Crippen molar-refractivity contribution < 1.29 is 19.4 Å². The minimum absolute atomic E-state index is 0.0329. The SMILES string of the molecule is COCCNC(=O)C(C)Nc1nc(C(=O)O)cs1. The summed E-state index contributed by atoms with van der Waals surface area (Å²) < 4.78 is 4.81. The van der Waals surface area contributed by atoms with Gasteiger partial charge in [0.2, 0.25) is 5.91 Å². The first-order valence-corrected chi connectivity index (χ1v) is 6.14. The van der Waals surface area contributed by atoms with Gasteiger partial charge in [0.15, 0.2) is 10.8 Å². The quantitative estimate of drug-likeness (QED) is 0.622. The molecule has 3 N–H and O–H groups in total. The molecule has 0 spiro atoms. The minimum atomic E-state index is -1.09. The summed E-state index contributed by atoms with van der Waals surface area (Å²) in [5.41, 5.74) is -0.0329. The number of nitrogens with one attached hydrogen (secondary N) is 2. The van der Waals surface area contributed by atoms with Gasteiger partial charge in [0, 0.05) is 19.0 Å². The van der Waals surface area contributed by atoms with Gasteiger partial charge >= 0.3 is 5.97 Å². The Morgan fingerprint density at radius 1 is 1.61 bits per heavy atom. The van der Waals surface area contributed by atoms with E-state index in [2.05, 4.69) is 15.6 Å². The van der Waals surface area contributed by atoms with Crippen LogP contribution >= 0.6 is 11.3 Å². The van der Waals surface area contributed by atoms with E-state index in [1.54, 1.807) is 14.0 Å². The van der Waals surface area contributed by atoms with Crippen LogP contribution in [0.15, 0.2) is 5.38 Å². The maximum Gasteiger partial charge on any atom is 0.355 e. The van der Waals surface area contributed by atoms with Gasteiger partial charge in [-0.2, -0.15) is 0 Å². The van der Waals surface area contributed by atoms with Crippen molar-refractivity contribution in [1.82, 2.24) is 10.3 Å². The average molecular weight is 273 g/mol. The lowest BCUT2D eigenvalue weighted by Crippen LogP contribution is -2.39. The summed E-state index contributed by atoms with van der Waals surface area (Å²) in [6.07, 6.45) is 0. The summed E-state index contributed by atoms with van der Waals surface area (Å²) in [5, 5.41) is 16.0. The Morgan fingerprint density at radius 2 is 2.33 bits per heavy atom. The molecule has 0 aliphatic heterocycles. The van der Waals surface area contributed by atoms with Crippen molar-refractivity contribution in [3.63, 3.8) is 0 Å². The molecule has 7 nitrogen and oxygen atoms in total. The van der Waals surface area contributed by atoms with E-state index < -0.39 is 12.0 Å². The molecule has 0 aromatic carbocycles. The zero-order chi connectivity index (χ0) is 13.5. The molecular weight excluding hydrogens is 258 g/mol. The fourth-order valence-corrected chi connectivity index (χ4v) is 1.89. The lowest BCUT2D eigenvalue weighted by atomic mass is 10.3. The van der Waals surface area contributed by atoms with E-state index in [9.17, 15) is 9.59 Å². The molecule has 0 bridgehead atoms. The van der Waals surface area contributed by atoms with Crippen molar-refractivity contribution >= 4 is 28.3 Å². The van der Waals surface area contributed by atoms with Crippen LogP contribution in [0.4, 0.5) is 5.13 Å². The third-order valence-corrected chi connectivity index (χ3v) is 2.84. The summed E-state index contributed by atoms with van der Waals surface area (Å²) in [7, 11) is 1.55. The van der Waals surface area contributed by atoms with E-state index in [0.29, 0.717) is 18.3 Å². The Hall–Kier alpha value is -1.67. The van der Waals surface area contributed by atoms with E-state index in [1.807, 2.05) is 0 Å². The Morgan fingerprint density at radius 3 is 2.89 bits per heavy atom. The molecule has 1 amide bonds. The number of ether oxygens (including phenoxy) is 1. The molecule has 18 heavy (non-hydrogen) atoms. The third kappa shape index (κ3) is 4.30. The summed E-state index contributed by atoms with van der Waals surface area (Å²) in [6.45, 7) is 2.54. The topological polar surface area (TPSA) is 101 Å². The molecule has 1 heterocycles. The number of carboxylic acid groups (broad SMARTS) is 1. The molecule has 0 radical (unpaired) electrons. The van der Waals surface area contributed by atoms with E-state index in [1.165, 1.54) is 5.38 Å². The van der Waals surface area contributed by atoms with Crippen molar-refractivity contribution in [3.8, 4) is 0 Å². The van der Waals surface area contributed by atoms with Crippen LogP contribution in [-0.2, 0) is 9.53 Å². The highest BCUT2D eigenvalue weighted by atomic mass is 32.1. The first kappa shape index (κ1) is 14.4.